The Balaban J connectivity index is 2.15. The van der Waals surface area contributed by atoms with Gasteiger partial charge in [0.05, 0.1) is 0 Å². The fourth-order valence-corrected chi connectivity index (χ4v) is 14.1. The monoisotopic (exact) mass is 456 g/mol. The summed E-state index contributed by atoms with van der Waals surface area (Å²) in [4.78, 5) is 0. The Morgan fingerprint density at radius 3 is 1.10 bits per heavy atom. The summed E-state index contributed by atoms with van der Waals surface area (Å²) < 4.78 is 13.7. The Kier molecular flexibility index (Phi) is 11.4. The fraction of sp³-hybridized carbons (Fsp3) is 0.556. The van der Waals surface area contributed by atoms with Crippen LogP contribution >= 0.6 is 0 Å². The molecule has 0 atom stereocenters. The number of hydrogen-bond acceptors (Lipinski definition) is 2. The molecule has 2 aromatic carbocycles. The van der Waals surface area contributed by atoms with E-state index in [9.17, 15) is 0 Å². The van der Waals surface area contributed by atoms with E-state index in [1.807, 2.05) is 0 Å². The van der Waals surface area contributed by atoms with E-state index in [1.54, 1.807) is 0 Å². The van der Waals surface area contributed by atoms with Gasteiger partial charge in [-0.1, -0.05) is 96.2 Å². The second-order valence-corrected chi connectivity index (χ2v) is 17.2. The van der Waals surface area contributed by atoms with Crippen molar-refractivity contribution in [3.63, 3.8) is 0 Å². The molecule has 0 heterocycles. The predicted molar refractivity (Wildman–Crippen MR) is 140 cm³/mol. The van der Waals surface area contributed by atoms with Gasteiger partial charge < -0.3 is 8.85 Å². The third kappa shape index (κ3) is 8.49. The first-order valence-corrected chi connectivity index (χ1v) is 17.6. The number of benzene rings is 2. The first-order chi connectivity index (χ1) is 15.1. The van der Waals surface area contributed by atoms with Crippen molar-refractivity contribution in [3.8, 4) is 11.5 Å². The smallest absolute Gasteiger partial charge is 0.251 e. The Morgan fingerprint density at radius 1 is 0.484 bits per heavy atom. The SMILES string of the molecule is CCC[Si](CCC)(CCC[Si](CCC)(CCC)Oc1ccccc1)Oc1ccccc1. The molecule has 0 fully saturated rings. The van der Waals surface area contributed by atoms with Crippen molar-refractivity contribution in [2.45, 2.75) is 96.1 Å². The highest BCUT2D eigenvalue weighted by Crippen LogP contribution is 2.35. The lowest BCUT2D eigenvalue weighted by Crippen LogP contribution is -2.44. The van der Waals surface area contributed by atoms with Gasteiger partial charge in [0.1, 0.15) is 11.5 Å². The van der Waals surface area contributed by atoms with Crippen LogP contribution in [0.5, 0.6) is 11.5 Å². The molecule has 0 unspecified atom stereocenters. The largest absolute Gasteiger partial charge is 0.543 e. The van der Waals surface area contributed by atoms with E-state index in [2.05, 4.69) is 88.4 Å². The van der Waals surface area contributed by atoms with Crippen LogP contribution in [-0.2, 0) is 0 Å². The fourth-order valence-electron chi connectivity index (χ4n) is 5.09. The van der Waals surface area contributed by atoms with E-state index in [0.717, 1.165) is 11.5 Å². The minimum Gasteiger partial charge on any atom is -0.543 e. The van der Waals surface area contributed by atoms with Crippen LogP contribution in [0.15, 0.2) is 60.7 Å². The molecule has 0 saturated heterocycles. The topological polar surface area (TPSA) is 18.5 Å². The Bertz CT molecular complexity index is 632. The van der Waals surface area contributed by atoms with Gasteiger partial charge in [-0.15, -0.1) is 0 Å². The quantitative estimate of drug-likeness (QED) is 0.234. The lowest BCUT2D eigenvalue weighted by molar-refractivity contribution is 0.507. The summed E-state index contributed by atoms with van der Waals surface area (Å²) in [6.07, 6.45) is 6.11. The van der Waals surface area contributed by atoms with Crippen molar-refractivity contribution in [3.05, 3.63) is 60.7 Å². The van der Waals surface area contributed by atoms with E-state index < -0.39 is 16.6 Å². The molecule has 31 heavy (non-hydrogen) atoms. The maximum absolute atomic E-state index is 6.85. The molecular formula is C27H44O2Si2. The Morgan fingerprint density at radius 2 is 0.806 bits per heavy atom. The zero-order valence-electron chi connectivity index (χ0n) is 20.4. The first-order valence-electron chi connectivity index (χ1n) is 12.6. The van der Waals surface area contributed by atoms with Crippen LogP contribution in [0.3, 0.4) is 0 Å². The van der Waals surface area contributed by atoms with Crippen LogP contribution in [0, 0.1) is 0 Å². The lowest BCUT2D eigenvalue weighted by Gasteiger charge is -2.35. The molecule has 172 valence electrons. The normalized spacial score (nSPS) is 12.0. The third-order valence-corrected chi connectivity index (χ3v) is 15.8. The average molecular weight is 457 g/mol. The zero-order valence-corrected chi connectivity index (χ0v) is 22.4. The van der Waals surface area contributed by atoms with Crippen molar-refractivity contribution in [2.75, 3.05) is 0 Å². The molecule has 0 radical (unpaired) electrons. The number of rotatable bonds is 16. The van der Waals surface area contributed by atoms with Crippen LogP contribution in [0.25, 0.3) is 0 Å². The molecule has 4 heteroatoms. The van der Waals surface area contributed by atoms with Crippen LogP contribution in [-0.4, -0.2) is 16.6 Å². The standard InChI is InChI=1S/C27H44O2Si2/c1-5-20-30(21-6-2,28-26-16-11-9-12-17-26)24-15-25-31(22-7-3,23-8-4)29-27-18-13-10-14-19-27/h9-14,16-19H,5-8,15,20-25H2,1-4H3. The van der Waals surface area contributed by atoms with Crippen LogP contribution < -0.4 is 8.85 Å². The molecular weight excluding hydrogens is 412 g/mol. The van der Waals surface area contributed by atoms with Gasteiger partial charge in [-0.25, -0.2) is 0 Å². The highest BCUT2D eigenvalue weighted by molar-refractivity contribution is 6.76. The molecule has 2 rings (SSSR count). The van der Waals surface area contributed by atoms with E-state index in [1.165, 1.54) is 68.4 Å². The summed E-state index contributed by atoms with van der Waals surface area (Å²) in [6, 6.07) is 28.6. The molecule has 0 amide bonds. The third-order valence-electron chi connectivity index (χ3n) is 6.24. The summed E-state index contributed by atoms with van der Waals surface area (Å²) >= 11 is 0. The predicted octanol–water partition coefficient (Wildman–Crippen LogP) is 9.07. The summed E-state index contributed by atoms with van der Waals surface area (Å²) in [7, 11) is -3.61. The molecule has 0 aliphatic carbocycles. The van der Waals surface area contributed by atoms with Gasteiger partial charge in [-0.3, -0.25) is 0 Å². The van der Waals surface area contributed by atoms with Gasteiger partial charge in [0.15, 0.2) is 0 Å². The molecule has 0 bridgehead atoms. The summed E-state index contributed by atoms with van der Waals surface area (Å²) in [5.41, 5.74) is 0. The van der Waals surface area contributed by atoms with Crippen molar-refractivity contribution in [1.29, 1.82) is 0 Å². The zero-order chi connectivity index (χ0) is 22.4. The van der Waals surface area contributed by atoms with Gasteiger partial charge >= 0.3 is 0 Å². The summed E-state index contributed by atoms with van der Waals surface area (Å²) in [5.74, 6) is 2.14. The van der Waals surface area contributed by atoms with Crippen LogP contribution in [0.4, 0.5) is 0 Å². The Hall–Kier alpha value is -1.53. The summed E-state index contributed by atoms with van der Waals surface area (Å²) in [5, 5.41) is 0. The molecule has 2 aromatic rings. The van der Waals surface area contributed by atoms with Gasteiger partial charge in [-0.2, -0.15) is 0 Å². The van der Waals surface area contributed by atoms with Gasteiger partial charge in [0.25, 0.3) is 16.6 Å². The van der Waals surface area contributed by atoms with Crippen molar-refractivity contribution in [1.82, 2.24) is 0 Å². The minimum absolute atomic E-state index is 1.07. The second kappa shape index (κ2) is 13.8. The molecule has 0 spiro atoms. The number of para-hydroxylation sites is 2. The van der Waals surface area contributed by atoms with Gasteiger partial charge in [-0.05, 0) is 60.5 Å². The molecule has 0 N–H and O–H groups in total. The van der Waals surface area contributed by atoms with Crippen molar-refractivity contribution < 1.29 is 8.85 Å². The first kappa shape index (κ1) is 25.7. The number of hydrogen-bond donors (Lipinski definition) is 0. The lowest BCUT2D eigenvalue weighted by atomic mass is 10.3. The van der Waals surface area contributed by atoms with E-state index in [0.29, 0.717) is 0 Å². The Labute approximate surface area is 193 Å². The second-order valence-electron chi connectivity index (χ2n) is 9.05. The molecule has 0 aliphatic heterocycles. The summed E-state index contributed by atoms with van der Waals surface area (Å²) in [6.45, 7) is 9.27. The van der Waals surface area contributed by atoms with E-state index >= 15 is 0 Å². The highest BCUT2D eigenvalue weighted by Gasteiger charge is 2.39. The van der Waals surface area contributed by atoms with Crippen LogP contribution in [0.2, 0.25) is 36.3 Å². The molecule has 0 aromatic heterocycles. The molecule has 2 nitrogen and oxygen atoms in total. The average Bonchev–Trinajstić information content (AvgIpc) is 2.76. The van der Waals surface area contributed by atoms with Gasteiger partial charge in [0, 0.05) is 0 Å². The van der Waals surface area contributed by atoms with E-state index in [4.69, 9.17) is 8.85 Å². The minimum atomic E-state index is -1.81. The van der Waals surface area contributed by atoms with Gasteiger partial charge in [0.2, 0.25) is 0 Å². The van der Waals surface area contributed by atoms with Crippen LogP contribution in [0.1, 0.15) is 59.8 Å². The van der Waals surface area contributed by atoms with Crippen molar-refractivity contribution in [2.24, 2.45) is 0 Å². The highest BCUT2D eigenvalue weighted by atomic mass is 28.4. The maximum Gasteiger partial charge on any atom is 0.251 e. The van der Waals surface area contributed by atoms with Crippen molar-refractivity contribution >= 4 is 16.6 Å². The molecule has 0 saturated carbocycles. The van der Waals surface area contributed by atoms with E-state index in [-0.39, 0.29) is 0 Å². The maximum atomic E-state index is 6.85. The molecule has 0 aliphatic rings.